The topological polar surface area (TPSA) is 86.7 Å². The van der Waals surface area contributed by atoms with Crippen molar-refractivity contribution in [3.63, 3.8) is 0 Å². The van der Waals surface area contributed by atoms with Gasteiger partial charge < -0.3 is 9.30 Å². The average molecular weight is 397 g/mol. The van der Waals surface area contributed by atoms with E-state index in [0.717, 1.165) is 16.0 Å². The summed E-state index contributed by atoms with van der Waals surface area (Å²) in [6.07, 6.45) is 2.83. The molecule has 144 valence electrons. The Morgan fingerprint density at radius 3 is 2.79 bits per heavy atom. The Morgan fingerprint density at radius 2 is 2.07 bits per heavy atom. The van der Waals surface area contributed by atoms with Crippen molar-refractivity contribution in [3.8, 4) is 5.75 Å². The van der Waals surface area contributed by atoms with Gasteiger partial charge in [0.05, 0.1) is 16.2 Å². The van der Waals surface area contributed by atoms with Crippen LogP contribution in [-0.4, -0.2) is 22.0 Å². The average Bonchev–Trinajstić information content (AvgIpc) is 3.04. The summed E-state index contributed by atoms with van der Waals surface area (Å²) in [5, 5.41) is 10.8. The van der Waals surface area contributed by atoms with Crippen LogP contribution in [0.5, 0.6) is 5.75 Å². The first-order valence-corrected chi connectivity index (χ1v) is 9.61. The summed E-state index contributed by atoms with van der Waals surface area (Å²) in [6, 6.07) is 11.9. The predicted molar refractivity (Wildman–Crippen MR) is 109 cm³/mol. The van der Waals surface area contributed by atoms with Crippen molar-refractivity contribution < 1.29 is 14.5 Å². The number of nitro groups is 1. The van der Waals surface area contributed by atoms with Gasteiger partial charge >= 0.3 is 0 Å². The lowest BCUT2D eigenvalue weighted by atomic mass is 10.2. The third kappa shape index (κ3) is 4.17. The Bertz CT molecular complexity index is 1130. The van der Waals surface area contributed by atoms with E-state index in [2.05, 4.69) is 4.99 Å². The van der Waals surface area contributed by atoms with Gasteiger partial charge in [-0.25, -0.2) is 0 Å². The van der Waals surface area contributed by atoms with E-state index < -0.39 is 10.8 Å². The van der Waals surface area contributed by atoms with Crippen molar-refractivity contribution in [3.05, 3.63) is 69.0 Å². The fraction of sp³-hybridized carbons (Fsp3) is 0.200. The summed E-state index contributed by atoms with van der Waals surface area (Å²) in [5.41, 5.74) is 1.46. The molecule has 3 aromatic rings. The fourth-order valence-electron chi connectivity index (χ4n) is 2.79. The summed E-state index contributed by atoms with van der Waals surface area (Å²) in [4.78, 5) is 27.5. The number of aromatic nitrogens is 1. The molecule has 1 heterocycles. The number of non-ortho nitro benzene ring substituents is 1. The number of carbonyl (C=O) groups excluding carboxylic acids is 1. The van der Waals surface area contributed by atoms with E-state index in [1.54, 1.807) is 12.1 Å². The first kappa shape index (κ1) is 19.5. The molecule has 0 spiro atoms. The molecule has 7 nitrogen and oxygen atoms in total. The highest BCUT2D eigenvalue weighted by molar-refractivity contribution is 7.16. The first-order valence-electron chi connectivity index (χ1n) is 8.79. The van der Waals surface area contributed by atoms with Crippen LogP contribution in [0.3, 0.4) is 0 Å². The first-order chi connectivity index (χ1) is 13.5. The maximum absolute atomic E-state index is 12.3. The molecule has 0 atom stereocenters. The monoisotopic (exact) mass is 397 g/mol. The molecule has 3 rings (SSSR count). The van der Waals surface area contributed by atoms with Gasteiger partial charge in [-0.3, -0.25) is 14.9 Å². The second-order valence-corrected chi connectivity index (χ2v) is 6.81. The van der Waals surface area contributed by atoms with Gasteiger partial charge in [0.25, 0.3) is 11.6 Å². The number of fused-ring (bicyclic) bond motifs is 1. The van der Waals surface area contributed by atoms with Crippen molar-refractivity contribution in [2.45, 2.75) is 20.4 Å². The van der Waals surface area contributed by atoms with Crippen LogP contribution in [0, 0.1) is 10.1 Å². The zero-order chi connectivity index (χ0) is 20.1. The van der Waals surface area contributed by atoms with Gasteiger partial charge in [-0.15, -0.1) is 0 Å². The van der Waals surface area contributed by atoms with Gasteiger partial charge in [-0.2, -0.15) is 4.99 Å². The normalized spacial score (nSPS) is 12.0. The third-order valence-electron chi connectivity index (χ3n) is 3.99. The van der Waals surface area contributed by atoms with E-state index in [-0.39, 0.29) is 5.69 Å². The standard InChI is InChI=1S/C20H19N3O4S/c1-3-22-19-16(27-4-2)9-6-10-17(19)28-20(22)21-18(24)12-11-14-7-5-8-15(13-14)23(25)26/h5-13H,3-4H2,1-2H3. The number of amides is 1. The van der Waals surface area contributed by atoms with Gasteiger partial charge in [0.2, 0.25) is 0 Å². The van der Waals surface area contributed by atoms with Gasteiger partial charge in [-0.1, -0.05) is 29.5 Å². The van der Waals surface area contributed by atoms with Gasteiger partial charge in [-0.05, 0) is 37.6 Å². The molecule has 0 N–H and O–H groups in total. The Kier molecular flexibility index (Phi) is 6.00. The van der Waals surface area contributed by atoms with Crippen LogP contribution >= 0.6 is 11.3 Å². The van der Waals surface area contributed by atoms with E-state index in [0.29, 0.717) is 23.5 Å². The summed E-state index contributed by atoms with van der Waals surface area (Å²) in [7, 11) is 0. The van der Waals surface area contributed by atoms with Gasteiger partial charge in [0.15, 0.2) is 4.80 Å². The number of hydrogen-bond donors (Lipinski definition) is 0. The number of nitro benzene ring substituents is 1. The lowest BCUT2D eigenvalue weighted by Crippen LogP contribution is -2.15. The number of carbonyl (C=O) groups is 1. The summed E-state index contributed by atoms with van der Waals surface area (Å²) in [6.45, 7) is 5.10. The zero-order valence-electron chi connectivity index (χ0n) is 15.5. The fourth-order valence-corrected chi connectivity index (χ4v) is 3.91. The number of thiazole rings is 1. The van der Waals surface area contributed by atoms with Crippen molar-refractivity contribution in [2.24, 2.45) is 4.99 Å². The highest BCUT2D eigenvalue weighted by Crippen LogP contribution is 2.27. The maximum atomic E-state index is 12.3. The Balaban J connectivity index is 1.95. The number of nitrogens with zero attached hydrogens (tertiary/aromatic N) is 3. The minimum absolute atomic E-state index is 0.0247. The number of hydrogen-bond acceptors (Lipinski definition) is 5. The molecule has 1 aromatic heterocycles. The Hall–Kier alpha value is -3.26. The molecule has 0 saturated carbocycles. The molecule has 0 aliphatic rings. The van der Waals surface area contributed by atoms with Crippen LogP contribution < -0.4 is 9.54 Å². The van der Waals surface area contributed by atoms with Crippen LogP contribution in [0.25, 0.3) is 16.3 Å². The molecule has 0 radical (unpaired) electrons. The smallest absolute Gasteiger partial charge is 0.272 e. The molecule has 1 amide bonds. The summed E-state index contributed by atoms with van der Waals surface area (Å²) < 4.78 is 8.64. The molecule has 8 heteroatoms. The third-order valence-corrected chi connectivity index (χ3v) is 5.03. The molecule has 0 fully saturated rings. The van der Waals surface area contributed by atoms with Crippen molar-refractivity contribution in [2.75, 3.05) is 6.61 Å². The molecular weight excluding hydrogens is 378 g/mol. The highest BCUT2D eigenvalue weighted by atomic mass is 32.1. The molecule has 0 saturated heterocycles. The number of aryl methyl sites for hydroxylation is 1. The summed E-state index contributed by atoms with van der Waals surface area (Å²) >= 11 is 1.42. The molecule has 0 aliphatic carbocycles. The summed E-state index contributed by atoms with van der Waals surface area (Å²) in [5.74, 6) is 0.331. The second-order valence-electron chi connectivity index (χ2n) is 5.80. The molecule has 2 aromatic carbocycles. The zero-order valence-corrected chi connectivity index (χ0v) is 16.3. The van der Waals surface area contributed by atoms with E-state index in [4.69, 9.17) is 4.74 Å². The van der Waals surface area contributed by atoms with Crippen molar-refractivity contribution in [1.82, 2.24) is 4.57 Å². The van der Waals surface area contributed by atoms with E-state index >= 15 is 0 Å². The molecule has 0 aliphatic heterocycles. The van der Waals surface area contributed by atoms with Crippen LogP contribution in [0.2, 0.25) is 0 Å². The highest BCUT2D eigenvalue weighted by Gasteiger charge is 2.11. The van der Waals surface area contributed by atoms with Crippen LogP contribution in [0.15, 0.2) is 53.5 Å². The van der Waals surface area contributed by atoms with Gasteiger partial charge in [0, 0.05) is 24.8 Å². The lowest BCUT2D eigenvalue weighted by Gasteiger charge is -2.07. The number of rotatable bonds is 6. The molecule has 0 bridgehead atoms. The van der Waals surface area contributed by atoms with Crippen LogP contribution in [0.1, 0.15) is 19.4 Å². The van der Waals surface area contributed by atoms with Gasteiger partial charge in [0.1, 0.15) is 11.3 Å². The Morgan fingerprint density at radius 1 is 1.29 bits per heavy atom. The predicted octanol–water partition coefficient (Wildman–Crippen LogP) is 4.17. The minimum atomic E-state index is -0.471. The number of ether oxygens (including phenoxy) is 1. The SMILES string of the molecule is CCOc1cccc2sc(=NC(=O)C=Cc3cccc([N+](=O)[O-])c3)n(CC)c12. The largest absolute Gasteiger partial charge is 0.492 e. The minimum Gasteiger partial charge on any atom is -0.492 e. The van der Waals surface area contributed by atoms with Crippen molar-refractivity contribution >= 4 is 39.2 Å². The number of para-hydroxylation sites is 1. The van der Waals surface area contributed by atoms with E-state index in [1.807, 2.05) is 36.6 Å². The lowest BCUT2D eigenvalue weighted by molar-refractivity contribution is -0.384. The van der Waals surface area contributed by atoms with E-state index in [1.165, 1.54) is 35.6 Å². The second kappa shape index (κ2) is 8.62. The van der Waals surface area contributed by atoms with Crippen molar-refractivity contribution in [1.29, 1.82) is 0 Å². The van der Waals surface area contributed by atoms with Crippen LogP contribution in [0.4, 0.5) is 5.69 Å². The molecule has 28 heavy (non-hydrogen) atoms. The quantitative estimate of drug-likeness (QED) is 0.355. The van der Waals surface area contributed by atoms with E-state index in [9.17, 15) is 14.9 Å². The Labute approximate surface area is 165 Å². The molecular formula is C20H19N3O4S. The molecule has 0 unspecified atom stereocenters. The van der Waals surface area contributed by atoms with Crippen LogP contribution in [-0.2, 0) is 11.3 Å². The number of benzene rings is 2. The maximum Gasteiger partial charge on any atom is 0.272 e.